The van der Waals surface area contributed by atoms with Crippen LogP contribution < -0.4 is 0 Å². The van der Waals surface area contributed by atoms with Crippen molar-refractivity contribution in [3.05, 3.63) is 23.6 Å². The van der Waals surface area contributed by atoms with E-state index in [2.05, 4.69) is 25.3 Å². The first kappa shape index (κ1) is 15.3. The van der Waals surface area contributed by atoms with E-state index in [-0.39, 0.29) is 14.0 Å². The van der Waals surface area contributed by atoms with Crippen LogP contribution in [0.25, 0.3) is 0 Å². The van der Waals surface area contributed by atoms with Gasteiger partial charge < -0.3 is 9.63 Å². The van der Waals surface area contributed by atoms with Crippen molar-refractivity contribution >= 4 is 14.9 Å². The number of aliphatic hydroxyl groups excluding tert-OH is 1. The lowest BCUT2D eigenvalue weighted by molar-refractivity contribution is 0.378. The molecule has 1 N–H and O–H groups in total. The first-order valence-electron chi connectivity index (χ1n) is 5.42. The summed E-state index contributed by atoms with van der Waals surface area (Å²) >= 11 is 0. The van der Waals surface area contributed by atoms with Gasteiger partial charge in [0.25, 0.3) is 0 Å². The van der Waals surface area contributed by atoms with Gasteiger partial charge in [0.2, 0.25) is 5.88 Å². The lowest BCUT2D eigenvalue weighted by atomic mass is 10.0. The number of hydrogen-bond donors (Lipinski definition) is 1. The molecule has 0 aliphatic heterocycles. The predicted molar refractivity (Wildman–Crippen MR) is 72.5 cm³/mol. The second-order valence-corrected chi connectivity index (χ2v) is 5.46. The summed E-state index contributed by atoms with van der Waals surface area (Å²) in [5.41, 5.74) is 1.07. The van der Waals surface area contributed by atoms with Crippen LogP contribution in [0.3, 0.4) is 0 Å². The number of allylic oxidation sites excluding steroid dienone is 3. The number of aliphatic imine (C=N–C) groups is 1. The minimum Gasteiger partial charge on any atom is -0.493 e. The Morgan fingerprint density at radius 2 is 2.25 bits per heavy atom. The summed E-state index contributed by atoms with van der Waals surface area (Å²) in [5, 5.41) is 9.31. The zero-order chi connectivity index (χ0) is 12.6. The first-order chi connectivity index (χ1) is 7.54. The van der Waals surface area contributed by atoms with Gasteiger partial charge in [-0.05, 0) is 44.9 Å². The topological polar surface area (TPSA) is 41.8 Å². The Balaban J connectivity index is 4.44. The third-order valence-corrected chi connectivity index (χ3v) is 4.00. The van der Waals surface area contributed by atoms with Gasteiger partial charge in [-0.3, -0.25) is 0 Å². The molecule has 0 spiro atoms. The van der Waals surface area contributed by atoms with Crippen LogP contribution in [-0.2, 0) is 4.52 Å². The normalized spacial score (nSPS) is 17.0. The van der Waals surface area contributed by atoms with Gasteiger partial charge in [0.15, 0.2) is 0 Å². The van der Waals surface area contributed by atoms with Crippen molar-refractivity contribution in [1.29, 1.82) is 0 Å². The molecular formula is C12H22NO2P. The number of hydrogen-bond acceptors (Lipinski definition) is 3. The van der Waals surface area contributed by atoms with Crippen LogP contribution in [0.1, 0.15) is 20.8 Å². The maximum atomic E-state index is 9.31. The highest BCUT2D eigenvalue weighted by molar-refractivity contribution is 7.51. The third-order valence-electron chi connectivity index (χ3n) is 2.24. The summed E-state index contributed by atoms with van der Waals surface area (Å²) in [7, 11) is -0.385. The fourth-order valence-corrected chi connectivity index (χ4v) is 3.00. The van der Waals surface area contributed by atoms with E-state index in [4.69, 9.17) is 4.52 Å². The molecule has 92 valence electrons. The smallest absolute Gasteiger partial charge is 0.210 e. The average Bonchev–Trinajstić information content (AvgIpc) is 2.25. The van der Waals surface area contributed by atoms with Gasteiger partial charge in [-0.25, -0.2) is 4.99 Å². The zero-order valence-electron chi connectivity index (χ0n) is 10.6. The van der Waals surface area contributed by atoms with E-state index >= 15 is 0 Å². The minimum atomic E-state index is -0.385. The second-order valence-electron chi connectivity index (χ2n) is 3.58. The first-order valence-corrected chi connectivity index (χ1v) is 7.31. The van der Waals surface area contributed by atoms with Gasteiger partial charge in [-0.2, -0.15) is 0 Å². The average molecular weight is 243 g/mol. The van der Waals surface area contributed by atoms with Crippen molar-refractivity contribution in [3.63, 3.8) is 0 Å². The quantitative estimate of drug-likeness (QED) is 0.320. The Hall–Kier alpha value is -0.660. The SMILES string of the molecule is C=N/C(O)=C\C(=C/C)C(C)CP(C)OCC. The molecule has 16 heavy (non-hydrogen) atoms. The maximum Gasteiger partial charge on any atom is 0.210 e. The van der Waals surface area contributed by atoms with Crippen LogP contribution in [0.2, 0.25) is 0 Å². The van der Waals surface area contributed by atoms with Crippen LogP contribution in [0.4, 0.5) is 0 Å². The van der Waals surface area contributed by atoms with E-state index in [1.807, 2.05) is 19.9 Å². The number of rotatable bonds is 7. The molecule has 0 aromatic carbocycles. The lowest BCUT2D eigenvalue weighted by Crippen LogP contribution is -2.04. The van der Waals surface area contributed by atoms with Crippen molar-refractivity contribution in [2.75, 3.05) is 19.4 Å². The van der Waals surface area contributed by atoms with Gasteiger partial charge in [0.05, 0.1) is 0 Å². The molecule has 0 aromatic heterocycles. The molecule has 2 unspecified atom stereocenters. The van der Waals surface area contributed by atoms with Crippen molar-refractivity contribution < 1.29 is 9.63 Å². The summed E-state index contributed by atoms with van der Waals surface area (Å²) in [5.74, 6) is 0.327. The lowest BCUT2D eigenvalue weighted by Gasteiger charge is -2.18. The van der Waals surface area contributed by atoms with E-state index in [1.54, 1.807) is 6.08 Å². The molecule has 0 aromatic rings. The van der Waals surface area contributed by atoms with E-state index in [0.29, 0.717) is 5.92 Å². The number of aliphatic hydroxyl groups is 1. The highest BCUT2D eigenvalue weighted by Crippen LogP contribution is 2.36. The number of nitrogens with zero attached hydrogens (tertiary/aromatic N) is 1. The Bertz CT molecular complexity index is 274. The summed E-state index contributed by atoms with van der Waals surface area (Å²) in [4.78, 5) is 3.47. The molecule has 4 heteroatoms. The highest BCUT2D eigenvalue weighted by atomic mass is 31.1. The maximum absolute atomic E-state index is 9.31. The Kier molecular flexibility index (Phi) is 8.14. The molecular weight excluding hydrogens is 221 g/mol. The largest absolute Gasteiger partial charge is 0.493 e. The van der Waals surface area contributed by atoms with Gasteiger partial charge >= 0.3 is 0 Å². The summed E-state index contributed by atoms with van der Waals surface area (Å²) in [6.07, 6.45) is 4.64. The minimum absolute atomic E-state index is 0.0307. The van der Waals surface area contributed by atoms with Crippen molar-refractivity contribution in [2.24, 2.45) is 10.9 Å². The predicted octanol–water partition coefficient (Wildman–Crippen LogP) is 3.73. The van der Waals surface area contributed by atoms with Gasteiger partial charge in [0, 0.05) is 20.8 Å². The summed E-state index contributed by atoms with van der Waals surface area (Å²) in [6, 6.07) is 0. The second kappa shape index (κ2) is 8.49. The molecule has 0 heterocycles. The molecule has 0 fully saturated rings. The molecule has 0 aliphatic rings. The van der Waals surface area contributed by atoms with Crippen LogP contribution in [0, 0.1) is 5.92 Å². The monoisotopic (exact) mass is 243 g/mol. The molecule has 3 nitrogen and oxygen atoms in total. The summed E-state index contributed by atoms with van der Waals surface area (Å²) < 4.78 is 5.56. The fourth-order valence-electron chi connectivity index (χ4n) is 1.47. The third kappa shape index (κ3) is 6.04. The van der Waals surface area contributed by atoms with Gasteiger partial charge in [0.1, 0.15) is 0 Å². The van der Waals surface area contributed by atoms with Gasteiger partial charge in [-0.15, -0.1) is 0 Å². The van der Waals surface area contributed by atoms with E-state index < -0.39 is 0 Å². The Morgan fingerprint density at radius 3 is 2.69 bits per heavy atom. The molecule has 0 rings (SSSR count). The molecule has 2 atom stereocenters. The van der Waals surface area contributed by atoms with Crippen LogP contribution in [0.5, 0.6) is 0 Å². The summed E-state index contributed by atoms with van der Waals surface area (Å²) in [6.45, 7) is 12.3. The van der Waals surface area contributed by atoms with Crippen molar-refractivity contribution in [1.82, 2.24) is 0 Å². The molecule has 0 radical (unpaired) electrons. The van der Waals surface area contributed by atoms with Crippen molar-refractivity contribution in [2.45, 2.75) is 20.8 Å². The standard InChI is InChI=1S/C12H22NO2P/c1-6-11(8-12(14)13-4)10(3)9-16(5)15-7-2/h6,8,10,14H,4,7,9H2,1-3,5H3/b11-6+,12-8+. The van der Waals surface area contributed by atoms with Crippen LogP contribution >= 0.6 is 8.15 Å². The van der Waals surface area contributed by atoms with Gasteiger partial charge in [-0.1, -0.05) is 13.0 Å². The van der Waals surface area contributed by atoms with E-state index in [1.165, 1.54) is 0 Å². The Morgan fingerprint density at radius 1 is 1.62 bits per heavy atom. The zero-order valence-corrected chi connectivity index (χ0v) is 11.5. The van der Waals surface area contributed by atoms with Crippen molar-refractivity contribution in [3.8, 4) is 0 Å². The highest BCUT2D eigenvalue weighted by Gasteiger charge is 2.11. The van der Waals surface area contributed by atoms with E-state index in [0.717, 1.165) is 18.3 Å². The molecule has 0 bridgehead atoms. The molecule has 0 saturated carbocycles. The Labute approximate surface area is 99.8 Å². The molecule has 0 amide bonds. The van der Waals surface area contributed by atoms with E-state index in [9.17, 15) is 5.11 Å². The van der Waals surface area contributed by atoms with Crippen LogP contribution in [-0.4, -0.2) is 31.3 Å². The fraction of sp³-hybridized carbons (Fsp3) is 0.583. The van der Waals surface area contributed by atoms with Crippen LogP contribution in [0.15, 0.2) is 28.6 Å². The molecule has 0 saturated heterocycles. The molecule has 0 aliphatic carbocycles.